The Kier molecular flexibility index (Phi) is 16.1. The smallest absolute Gasteiger partial charge is 0.216 e. The van der Waals surface area contributed by atoms with Crippen LogP contribution in [-0.4, -0.2) is 77.8 Å². The Balaban J connectivity index is 2.98. The van der Waals surface area contributed by atoms with Crippen molar-refractivity contribution in [2.75, 3.05) is 65.8 Å². The van der Waals surface area contributed by atoms with Gasteiger partial charge in [0.15, 0.2) is 0 Å². The molecule has 3 N–H and O–H groups in total. The molecule has 0 radical (unpaired) electrons. The standard InChI is InChI=1S/C15H33N3O4/c1-14(2)17-5-4-16-6-8-20-10-12-22-13-11-21-9-7-18-15(3)19/h14,16-17H,4-13H2,1-3H3,(H,18,19). The van der Waals surface area contributed by atoms with Gasteiger partial charge in [0.25, 0.3) is 0 Å². The van der Waals surface area contributed by atoms with E-state index in [1.54, 1.807) is 0 Å². The quantitative estimate of drug-likeness (QED) is 0.341. The largest absolute Gasteiger partial charge is 0.378 e. The summed E-state index contributed by atoms with van der Waals surface area (Å²) in [5, 5.41) is 9.30. The summed E-state index contributed by atoms with van der Waals surface area (Å²) in [6, 6.07) is 0.532. The highest BCUT2D eigenvalue weighted by molar-refractivity contribution is 5.72. The summed E-state index contributed by atoms with van der Waals surface area (Å²) in [6.07, 6.45) is 0. The summed E-state index contributed by atoms with van der Waals surface area (Å²) in [5.74, 6) is -0.0392. The second-order valence-corrected chi connectivity index (χ2v) is 5.18. The molecule has 0 rings (SSSR count). The highest BCUT2D eigenvalue weighted by atomic mass is 16.5. The van der Waals surface area contributed by atoms with E-state index in [0.717, 1.165) is 19.6 Å². The van der Waals surface area contributed by atoms with Crippen LogP contribution >= 0.6 is 0 Å². The Bertz CT molecular complexity index is 253. The predicted molar refractivity (Wildman–Crippen MR) is 87.1 cm³/mol. The lowest BCUT2D eigenvalue weighted by molar-refractivity contribution is -0.119. The number of rotatable bonds is 16. The molecule has 0 aliphatic heterocycles. The van der Waals surface area contributed by atoms with Gasteiger partial charge in [0.1, 0.15) is 0 Å². The van der Waals surface area contributed by atoms with Crippen LogP contribution in [0, 0.1) is 0 Å². The molecule has 0 aromatic rings. The monoisotopic (exact) mass is 319 g/mol. The number of nitrogens with one attached hydrogen (secondary N) is 3. The van der Waals surface area contributed by atoms with Crippen LogP contribution in [0.3, 0.4) is 0 Å². The van der Waals surface area contributed by atoms with E-state index in [9.17, 15) is 4.79 Å². The number of hydrogen-bond donors (Lipinski definition) is 3. The second-order valence-electron chi connectivity index (χ2n) is 5.18. The van der Waals surface area contributed by atoms with Crippen molar-refractivity contribution in [2.45, 2.75) is 26.8 Å². The summed E-state index contributed by atoms with van der Waals surface area (Å²) in [4.78, 5) is 10.6. The summed E-state index contributed by atoms with van der Waals surface area (Å²) in [7, 11) is 0. The molecule has 0 fully saturated rings. The zero-order chi connectivity index (χ0) is 16.5. The fourth-order valence-corrected chi connectivity index (χ4v) is 1.56. The average Bonchev–Trinajstić information content (AvgIpc) is 2.46. The molecular formula is C15H33N3O4. The van der Waals surface area contributed by atoms with Gasteiger partial charge in [-0.15, -0.1) is 0 Å². The second kappa shape index (κ2) is 16.6. The molecule has 7 heteroatoms. The summed E-state index contributed by atoms with van der Waals surface area (Å²) < 4.78 is 16.1. The summed E-state index contributed by atoms with van der Waals surface area (Å²) >= 11 is 0. The van der Waals surface area contributed by atoms with Crippen molar-refractivity contribution in [3.05, 3.63) is 0 Å². The van der Waals surface area contributed by atoms with Gasteiger partial charge in [-0.3, -0.25) is 4.79 Å². The van der Waals surface area contributed by atoms with Crippen LogP contribution in [0.25, 0.3) is 0 Å². The molecule has 0 aliphatic carbocycles. The lowest BCUT2D eigenvalue weighted by Gasteiger charge is -2.09. The topological polar surface area (TPSA) is 80.9 Å². The van der Waals surface area contributed by atoms with Gasteiger partial charge in [0.05, 0.1) is 39.6 Å². The summed E-state index contributed by atoms with van der Waals surface area (Å²) in [5.41, 5.74) is 0. The zero-order valence-corrected chi connectivity index (χ0v) is 14.3. The van der Waals surface area contributed by atoms with E-state index in [4.69, 9.17) is 14.2 Å². The number of hydrogen-bond acceptors (Lipinski definition) is 6. The number of carbonyl (C=O) groups excluding carboxylic acids is 1. The van der Waals surface area contributed by atoms with Gasteiger partial charge in [0.2, 0.25) is 5.91 Å². The van der Waals surface area contributed by atoms with Crippen molar-refractivity contribution in [3.8, 4) is 0 Å². The molecule has 0 spiro atoms. The Morgan fingerprint density at radius 2 is 1.36 bits per heavy atom. The Labute approximate surface area is 134 Å². The normalized spacial score (nSPS) is 11.1. The average molecular weight is 319 g/mol. The molecule has 0 saturated heterocycles. The van der Waals surface area contributed by atoms with Crippen molar-refractivity contribution < 1.29 is 19.0 Å². The van der Waals surface area contributed by atoms with Crippen molar-refractivity contribution >= 4 is 5.91 Å². The first-order valence-electron chi connectivity index (χ1n) is 8.04. The molecule has 0 bridgehead atoms. The maximum atomic E-state index is 10.6. The van der Waals surface area contributed by atoms with Crippen molar-refractivity contribution in [3.63, 3.8) is 0 Å². The van der Waals surface area contributed by atoms with E-state index >= 15 is 0 Å². The number of amides is 1. The number of carbonyl (C=O) groups is 1. The first kappa shape index (κ1) is 21.3. The molecule has 0 saturated carbocycles. The minimum absolute atomic E-state index is 0.0392. The molecule has 0 aromatic heterocycles. The SMILES string of the molecule is CC(=O)NCCOCCOCCOCCNCCNC(C)C. The van der Waals surface area contributed by atoms with Crippen LogP contribution in [0.5, 0.6) is 0 Å². The highest BCUT2D eigenvalue weighted by Crippen LogP contribution is 1.81. The van der Waals surface area contributed by atoms with Crippen LogP contribution in [-0.2, 0) is 19.0 Å². The molecule has 7 nitrogen and oxygen atoms in total. The molecule has 0 heterocycles. The molecule has 1 amide bonds. The van der Waals surface area contributed by atoms with Crippen molar-refractivity contribution in [2.24, 2.45) is 0 Å². The molecule has 0 unspecified atom stereocenters. The molecular weight excluding hydrogens is 286 g/mol. The van der Waals surface area contributed by atoms with E-state index in [0.29, 0.717) is 52.2 Å². The third-order valence-electron chi connectivity index (χ3n) is 2.64. The van der Waals surface area contributed by atoms with Crippen LogP contribution in [0.15, 0.2) is 0 Å². The first-order chi connectivity index (χ1) is 10.6. The fourth-order valence-electron chi connectivity index (χ4n) is 1.56. The maximum Gasteiger partial charge on any atom is 0.216 e. The van der Waals surface area contributed by atoms with Crippen molar-refractivity contribution in [1.29, 1.82) is 0 Å². The molecule has 0 aliphatic rings. The lowest BCUT2D eigenvalue weighted by atomic mass is 10.4. The lowest BCUT2D eigenvalue weighted by Crippen LogP contribution is -2.33. The van der Waals surface area contributed by atoms with Gasteiger partial charge in [0, 0.05) is 39.1 Å². The minimum atomic E-state index is -0.0392. The molecule has 0 atom stereocenters. The Morgan fingerprint density at radius 3 is 1.91 bits per heavy atom. The zero-order valence-electron chi connectivity index (χ0n) is 14.3. The van der Waals surface area contributed by atoms with E-state index in [2.05, 4.69) is 29.8 Å². The van der Waals surface area contributed by atoms with E-state index in [1.807, 2.05) is 0 Å². The predicted octanol–water partition coefficient (Wildman–Crippen LogP) is -0.240. The summed E-state index contributed by atoms with van der Waals surface area (Å²) in [6.45, 7) is 12.5. The molecule has 0 aromatic carbocycles. The van der Waals surface area contributed by atoms with E-state index in [1.165, 1.54) is 6.92 Å². The van der Waals surface area contributed by atoms with Crippen LogP contribution in [0.1, 0.15) is 20.8 Å². The van der Waals surface area contributed by atoms with Crippen LogP contribution in [0.4, 0.5) is 0 Å². The first-order valence-corrected chi connectivity index (χ1v) is 8.04. The van der Waals surface area contributed by atoms with Crippen LogP contribution in [0.2, 0.25) is 0 Å². The minimum Gasteiger partial charge on any atom is -0.378 e. The molecule has 132 valence electrons. The van der Waals surface area contributed by atoms with Gasteiger partial charge in [-0.25, -0.2) is 0 Å². The Morgan fingerprint density at radius 1 is 0.818 bits per heavy atom. The van der Waals surface area contributed by atoms with E-state index in [-0.39, 0.29) is 5.91 Å². The number of ether oxygens (including phenoxy) is 3. The third-order valence-corrected chi connectivity index (χ3v) is 2.64. The van der Waals surface area contributed by atoms with Crippen molar-refractivity contribution in [1.82, 2.24) is 16.0 Å². The maximum absolute atomic E-state index is 10.6. The highest BCUT2D eigenvalue weighted by Gasteiger charge is 1.94. The fraction of sp³-hybridized carbons (Fsp3) is 0.933. The van der Waals surface area contributed by atoms with Gasteiger partial charge >= 0.3 is 0 Å². The van der Waals surface area contributed by atoms with Crippen LogP contribution < -0.4 is 16.0 Å². The van der Waals surface area contributed by atoms with Gasteiger partial charge in [-0.1, -0.05) is 13.8 Å². The third kappa shape index (κ3) is 19.3. The van der Waals surface area contributed by atoms with Gasteiger partial charge < -0.3 is 30.2 Å². The van der Waals surface area contributed by atoms with E-state index < -0.39 is 0 Å². The van der Waals surface area contributed by atoms with Gasteiger partial charge in [-0.05, 0) is 0 Å². The Hall–Kier alpha value is -0.730. The van der Waals surface area contributed by atoms with Gasteiger partial charge in [-0.2, -0.15) is 0 Å². The molecule has 22 heavy (non-hydrogen) atoms.